The largest absolute Gasteiger partial charge is 0.378 e. The number of benzene rings is 1. The van der Waals surface area contributed by atoms with E-state index in [1.807, 2.05) is 12.1 Å². The summed E-state index contributed by atoms with van der Waals surface area (Å²) in [5, 5.41) is 8.20. The highest BCUT2D eigenvalue weighted by atomic mass is 32.2. The van der Waals surface area contributed by atoms with Gasteiger partial charge in [-0.05, 0) is 55.7 Å². The van der Waals surface area contributed by atoms with Crippen LogP contribution in [-0.2, 0) is 14.8 Å². The quantitative estimate of drug-likeness (QED) is 0.707. The van der Waals surface area contributed by atoms with Crippen LogP contribution < -0.4 is 9.62 Å². The summed E-state index contributed by atoms with van der Waals surface area (Å²) < 4.78 is 32.9. The third kappa shape index (κ3) is 6.24. The molecule has 2 heterocycles. The Morgan fingerprint density at radius 2 is 1.84 bits per heavy atom. The maximum absolute atomic E-state index is 11.9. The van der Waals surface area contributed by atoms with Crippen LogP contribution in [0.4, 0.5) is 5.82 Å². The Morgan fingerprint density at radius 3 is 2.52 bits per heavy atom. The van der Waals surface area contributed by atoms with Gasteiger partial charge in [0.05, 0.1) is 19.0 Å². The molecule has 31 heavy (non-hydrogen) atoms. The van der Waals surface area contributed by atoms with Crippen molar-refractivity contribution in [2.75, 3.05) is 30.9 Å². The lowest BCUT2D eigenvalue weighted by Gasteiger charge is -2.39. The second kappa shape index (κ2) is 10.1. The molecular formula is C23H32N4O3S. The third-order valence-electron chi connectivity index (χ3n) is 6.47. The first-order chi connectivity index (χ1) is 15.0. The van der Waals surface area contributed by atoms with Gasteiger partial charge < -0.3 is 9.64 Å². The van der Waals surface area contributed by atoms with Gasteiger partial charge in [-0.2, -0.15) is 5.10 Å². The third-order valence-corrected chi connectivity index (χ3v) is 7.20. The molecule has 0 radical (unpaired) electrons. The van der Waals surface area contributed by atoms with Crippen LogP contribution in [0.5, 0.6) is 0 Å². The van der Waals surface area contributed by atoms with Crippen LogP contribution in [-0.4, -0.2) is 56.7 Å². The summed E-state index contributed by atoms with van der Waals surface area (Å²) in [6, 6.07) is 14.4. The first-order valence-electron chi connectivity index (χ1n) is 11.1. The SMILES string of the molecule is CS(=O)(=O)N[C@H]1CCN(c2cccnn2)C[C@H]1COC1CCC(c2ccccc2)CC1. The van der Waals surface area contributed by atoms with E-state index in [1.54, 1.807) is 6.20 Å². The fraction of sp³-hybridized carbons (Fsp3) is 0.565. The molecule has 1 saturated carbocycles. The smallest absolute Gasteiger partial charge is 0.208 e. The van der Waals surface area contributed by atoms with Crippen molar-refractivity contribution in [1.82, 2.24) is 14.9 Å². The van der Waals surface area contributed by atoms with Crippen LogP contribution in [0, 0.1) is 5.92 Å². The monoisotopic (exact) mass is 444 g/mol. The fourth-order valence-electron chi connectivity index (χ4n) is 4.85. The van der Waals surface area contributed by atoms with E-state index in [1.165, 1.54) is 11.8 Å². The van der Waals surface area contributed by atoms with Crippen molar-refractivity contribution in [3.05, 3.63) is 54.2 Å². The molecule has 0 amide bonds. The molecule has 8 heteroatoms. The molecule has 2 aromatic rings. The van der Waals surface area contributed by atoms with Gasteiger partial charge in [-0.25, -0.2) is 13.1 Å². The van der Waals surface area contributed by atoms with Crippen LogP contribution in [0.15, 0.2) is 48.7 Å². The minimum atomic E-state index is -3.27. The number of nitrogens with zero attached hydrogens (tertiary/aromatic N) is 3. The van der Waals surface area contributed by atoms with Crippen molar-refractivity contribution < 1.29 is 13.2 Å². The van der Waals surface area contributed by atoms with Crippen molar-refractivity contribution in [2.45, 2.75) is 50.2 Å². The highest BCUT2D eigenvalue weighted by Crippen LogP contribution is 2.34. The van der Waals surface area contributed by atoms with E-state index in [0.717, 1.165) is 44.5 Å². The van der Waals surface area contributed by atoms with E-state index in [2.05, 4.69) is 50.2 Å². The summed E-state index contributed by atoms with van der Waals surface area (Å²) in [6.45, 7) is 1.99. The van der Waals surface area contributed by atoms with Crippen LogP contribution in [0.3, 0.4) is 0 Å². The van der Waals surface area contributed by atoms with Crippen molar-refractivity contribution in [3.63, 3.8) is 0 Å². The number of rotatable bonds is 7. The van der Waals surface area contributed by atoms with Gasteiger partial charge in [-0.15, -0.1) is 5.10 Å². The Hall–Kier alpha value is -2.03. The van der Waals surface area contributed by atoms with Gasteiger partial charge in [0.25, 0.3) is 0 Å². The molecule has 7 nitrogen and oxygen atoms in total. The number of hydrogen-bond acceptors (Lipinski definition) is 6. The van der Waals surface area contributed by atoms with Gasteiger partial charge in [-0.1, -0.05) is 30.3 Å². The zero-order chi connectivity index (χ0) is 21.7. The molecule has 1 aliphatic carbocycles. The summed E-state index contributed by atoms with van der Waals surface area (Å²) in [5.74, 6) is 1.51. The minimum Gasteiger partial charge on any atom is -0.378 e. The number of ether oxygens (including phenoxy) is 1. The topological polar surface area (TPSA) is 84.4 Å². The standard InChI is InChI=1S/C23H32N4O3S/c1-31(28,29)26-22-13-15-27(23-8-5-14-24-25-23)16-20(22)17-30-21-11-9-19(10-12-21)18-6-3-2-4-7-18/h2-8,14,19-22,26H,9-13,15-17H2,1H3/t19?,20-,21?,22-/m0/s1. The summed E-state index contributed by atoms with van der Waals surface area (Å²) in [4.78, 5) is 2.17. The second-order valence-electron chi connectivity index (χ2n) is 8.79. The molecule has 1 saturated heterocycles. The van der Waals surface area contributed by atoms with Crippen LogP contribution >= 0.6 is 0 Å². The van der Waals surface area contributed by atoms with Crippen molar-refractivity contribution in [1.29, 1.82) is 0 Å². The van der Waals surface area contributed by atoms with Crippen molar-refractivity contribution >= 4 is 15.8 Å². The molecule has 2 aliphatic rings. The van der Waals surface area contributed by atoms with Crippen LogP contribution in [0.2, 0.25) is 0 Å². The normalized spacial score (nSPS) is 27.2. The van der Waals surface area contributed by atoms with Gasteiger partial charge in [-0.3, -0.25) is 0 Å². The molecule has 2 fully saturated rings. The predicted octanol–water partition coefficient (Wildman–Crippen LogP) is 2.96. The minimum absolute atomic E-state index is 0.0670. The number of sulfonamides is 1. The average molecular weight is 445 g/mol. The van der Waals surface area contributed by atoms with Gasteiger partial charge in [0.1, 0.15) is 0 Å². The van der Waals surface area contributed by atoms with E-state index in [4.69, 9.17) is 4.74 Å². The molecule has 0 bridgehead atoms. The summed E-state index contributed by atoms with van der Waals surface area (Å²) in [5.41, 5.74) is 1.42. The first kappa shape index (κ1) is 22.2. The number of piperidine rings is 1. The van der Waals surface area contributed by atoms with Crippen LogP contribution in [0.25, 0.3) is 0 Å². The lowest BCUT2D eigenvalue weighted by molar-refractivity contribution is -0.00214. The molecule has 1 aromatic heterocycles. The molecule has 0 spiro atoms. The molecule has 1 N–H and O–H groups in total. The summed E-state index contributed by atoms with van der Waals surface area (Å²) in [6.07, 6.45) is 8.21. The first-order valence-corrected chi connectivity index (χ1v) is 13.0. The average Bonchev–Trinajstić information content (AvgIpc) is 2.79. The molecular weight excluding hydrogens is 412 g/mol. The fourth-order valence-corrected chi connectivity index (χ4v) is 5.71. The van der Waals surface area contributed by atoms with E-state index in [-0.39, 0.29) is 18.1 Å². The number of hydrogen-bond donors (Lipinski definition) is 1. The van der Waals surface area contributed by atoms with Crippen LogP contribution in [0.1, 0.15) is 43.6 Å². The van der Waals surface area contributed by atoms with Crippen molar-refractivity contribution in [2.24, 2.45) is 5.92 Å². The van der Waals surface area contributed by atoms with E-state index >= 15 is 0 Å². The molecule has 0 unspecified atom stereocenters. The maximum Gasteiger partial charge on any atom is 0.208 e. The Bertz CT molecular complexity index is 918. The Labute approximate surface area is 185 Å². The lowest BCUT2D eigenvalue weighted by atomic mass is 9.82. The summed E-state index contributed by atoms with van der Waals surface area (Å²) in [7, 11) is -3.27. The molecule has 4 rings (SSSR count). The summed E-state index contributed by atoms with van der Waals surface area (Å²) >= 11 is 0. The second-order valence-corrected chi connectivity index (χ2v) is 10.6. The van der Waals surface area contributed by atoms with E-state index in [9.17, 15) is 8.42 Å². The Morgan fingerprint density at radius 1 is 1.06 bits per heavy atom. The van der Waals surface area contributed by atoms with Crippen molar-refractivity contribution in [3.8, 4) is 0 Å². The molecule has 1 aromatic carbocycles. The number of anilines is 1. The molecule has 1 aliphatic heterocycles. The van der Waals surface area contributed by atoms with E-state index in [0.29, 0.717) is 19.1 Å². The highest BCUT2D eigenvalue weighted by molar-refractivity contribution is 7.88. The van der Waals surface area contributed by atoms with Gasteiger partial charge in [0.2, 0.25) is 10.0 Å². The van der Waals surface area contributed by atoms with Gasteiger partial charge in [0.15, 0.2) is 5.82 Å². The lowest BCUT2D eigenvalue weighted by Crippen LogP contribution is -2.52. The number of nitrogens with one attached hydrogen (secondary N) is 1. The number of aromatic nitrogens is 2. The zero-order valence-corrected chi connectivity index (χ0v) is 18.9. The maximum atomic E-state index is 11.9. The zero-order valence-electron chi connectivity index (χ0n) is 18.1. The molecule has 168 valence electrons. The van der Waals surface area contributed by atoms with Gasteiger partial charge >= 0.3 is 0 Å². The predicted molar refractivity (Wildman–Crippen MR) is 122 cm³/mol. The Kier molecular flexibility index (Phi) is 7.20. The highest BCUT2D eigenvalue weighted by Gasteiger charge is 2.33. The van der Waals surface area contributed by atoms with Gasteiger partial charge in [0, 0.05) is 31.2 Å². The molecule has 2 atom stereocenters. The van der Waals surface area contributed by atoms with E-state index < -0.39 is 10.0 Å². The Balaban J connectivity index is 1.34.